The Kier molecular flexibility index (Phi) is 6.09. The van der Waals surface area contributed by atoms with Crippen LogP contribution in [0.3, 0.4) is 0 Å². The first-order valence-corrected chi connectivity index (χ1v) is 10.7. The van der Waals surface area contributed by atoms with Gasteiger partial charge in [0, 0.05) is 12.3 Å². The lowest BCUT2D eigenvalue weighted by Gasteiger charge is -2.47. The van der Waals surface area contributed by atoms with Gasteiger partial charge in [-0.1, -0.05) is 45.0 Å². The molecule has 2 aliphatic rings. The van der Waals surface area contributed by atoms with Gasteiger partial charge in [0.2, 0.25) is 0 Å². The normalized spacial score (nSPS) is 24.9. The van der Waals surface area contributed by atoms with Crippen LogP contribution in [0.5, 0.6) is 0 Å². The smallest absolute Gasteiger partial charge is 0.410 e. The minimum Gasteiger partial charge on any atom is -0.444 e. The number of ketones is 1. The van der Waals surface area contributed by atoms with Crippen LogP contribution in [0.1, 0.15) is 65.5 Å². The Balaban J connectivity index is 1.64. The molecule has 0 aliphatic carbocycles. The van der Waals surface area contributed by atoms with E-state index >= 15 is 0 Å². The molecular weight excluding hydrogens is 366 g/mol. The van der Waals surface area contributed by atoms with E-state index in [0.717, 1.165) is 5.56 Å². The molecule has 2 heterocycles. The predicted molar refractivity (Wildman–Crippen MR) is 113 cm³/mol. The third-order valence-electron chi connectivity index (χ3n) is 5.78. The largest absolute Gasteiger partial charge is 0.444 e. The first-order valence-electron chi connectivity index (χ1n) is 10.7. The second kappa shape index (κ2) is 8.10. The van der Waals surface area contributed by atoms with E-state index in [-0.39, 0.29) is 35.3 Å². The number of ether oxygens (including phenoxy) is 2. The molecule has 0 N–H and O–H groups in total. The maximum Gasteiger partial charge on any atom is 0.410 e. The Morgan fingerprint density at radius 1 is 1.00 bits per heavy atom. The number of hydrogen-bond donors (Lipinski definition) is 0. The summed E-state index contributed by atoms with van der Waals surface area (Å²) in [6.07, 6.45) is 1.45. The zero-order valence-electron chi connectivity index (χ0n) is 18.7. The van der Waals surface area contributed by atoms with Crippen molar-refractivity contribution in [3.63, 3.8) is 0 Å². The number of carbonyl (C=O) groups is 2. The summed E-state index contributed by atoms with van der Waals surface area (Å²) in [5.74, 6) is 0.226. The van der Waals surface area contributed by atoms with Gasteiger partial charge in [0.1, 0.15) is 11.4 Å². The van der Waals surface area contributed by atoms with E-state index in [2.05, 4.69) is 45.0 Å². The highest BCUT2D eigenvalue weighted by Gasteiger charge is 2.44. The number of morpholine rings is 1. The molecule has 1 aromatic rings. The SMILES string of the molecule is CC(C)(C)OC(=O)N1C2COCC1CC(C(=O)Cc1ccc(C(C)(C)C)cc1)C2. The number of carbonyl (C=O) groups excluding carboxylic acids is 2. The van der Waals surface area contributed by atoms with E-state index in [4.69, 9.17) is 9.47 Å². The van der Waals surface area contributed by atoms with Crippen molar-refractivity contribution in [1.29, 1.82) is 0 Å². The summed E-state index contributed by atoms with van der Waals surface area (Å²) < 4.78 is 11.3. The summed E-state index contributed by atoms with van der Waals surface area (Å²) in [5.41, 5.74) is 1.90. The van der Waals surface area contributed by atoms with E-state index in [9.17, 15) is 9.59 Å². The van der Waals surface area contributed by atoms with Crippen LogP contribution < -0.4 is 0 Å². The van der Waals surface area contributed by atoms with E-state index in [1.54, 1.807) is 0 Å². The average Bonchev–Trinajstić information content (AvgIpc) is 2.58. The van der Waals surface area contributed by atoms with Crippen molar-refractivity contribution in [3.05, 3.63) is 35.4 Å². The molecule has 2 saturated heterocycles. The Morgan fingerprint density at radius 3 is 2.03 bits per heavy atom. The van der Waals surface area contributed by atoms with Gasteiger partial charge in [0.05, 0.1) is 25.3 Å². The Morgan fingerprint density at radius 2 is 1.55 bits per heavy atom. The van der Waals surface area contributed by atoms with Crippen molar-refractivity contribution in [2.24, 2.45) is 5.92 Å². The number of rotatable bonds is 3. The molecule has 5 nitrogen and oxygen atoms in total. The maximum absolute atomic E-state index is 13.0. The van der Waals surface area contributed by atoms with Gasteiger partial charge >= 0.3 is 6.09 Å². The molecule has 0 saturated carbocycles. The molecule has 2 fully saturated rings. The van der Waals surface area contributed by atoms with Gasteiger partial charge in [-0.15, -0.1) is 0 Å². The molecule has 0 radical (unpaired) electrons. The van der Waals surface area contributed by atoms with E-state index < -0.39 is 5.60 Å². The number of amides is 1. The van der Waals surface area contributed by atoms with Crippen LogP contribution in [0, 0.1) is 5.92 Å². The van der Waals surface area contributed by atoms with Crippen molar-refractivity contribution >= 4 is 11.9 Å². The molecule has 2 unspecified atom stereocenters. The summed E-state index contributed by atoms with van der Waals surface area (Å²) in [6.45, 7) is 13.1. The Hall–Kier alpha value is -1.88. The van der Waals surface area contributed by atoms with Crippen LogP contribution in [-0.2, 0) is 26.1 Å². The van der Waals surface area contributed by atoms with Gasteiger partial charge in [-0.3, -0.25) is 9.69 Å². The number of hydrogen-bond acceptors (Lipinski definition) is 4. The van der Waals surface area contributed by atoms with Gasteiger partial charge in [0.25, 0.3) is 0 Å². The molecule has 2 bridgehead atoms. The van der Waals surface area contributed by atoms with Crippen LogP contribution in [-0.4, -0.2) is 47.7 Å². The molecule has 2 aliphatic heterocycles. The monoisotopic (exact) mass is 401 g/mol. The summed E-state index contributed by atoms with van der Waals surface area (Å²) in [7, 11) is 0. The van der Waals surface area contributed by atoms with Crippen molar-refractivity contribution in [1.82, 2.24) is 4.90 Å². The highest BCUT2D eigenvalue weighted by atomic mass is 16.6. The molecule has 1 amide bonds. The molecule has 3 rings (SSSR count). The number of nitrogens with zero attached hydrogens (tertiary/aromatic N) is 1. The molecule has 2 atom stereocenters. The van der Waals surface area contributed by atoms with Crippen LogP contribution in [0.4, 0.5) is 4.79 Å². The van der Waals surface area contributed by atoms with Crippen LogP contribution in [0.25, 0.3) is 0 Å². The van der Waals surface area contributed by atoms with Gasteiger partial charge in [-0.2, -0.15) is 0 Å². The summed E-state index contributed by atoms with van der Waals surface area (Å²) in [5, 5.41) is 0. The summed E-state index contributed by atoms with van der Waals surface area (Å²) in [6, 6.07) is 8.20. The zero-order valence-corrected chi connectivity index (χ0v) is 18.7. The number of fused-ring (bicyclic) bond motifs is 2. The maximum atomic E-state index is 13.0. The van der Waals surface area contributed by atoms with Crippen molar-refractivity contribution in [2.75, 3.05) is 13.2 Å². The summed E-state index contributed by atoms with van der Waals surface area (Å²) >= 11 is 0. The summed E-state index contributed by atoms with van der Waals surface area (Å²) in [4.78, 5) is 27.5. The Bertz CT molecular complexity index is 728. The third-order valence-corrected chi connectivity index (χ3v) is 5.78. The highest BCUT2D eigenvalue weighted by molar-refractivity contribution is 5.84. The lowest BCUT2D eigenvalue weighted by atomic mass is 9.81. The topological polar surface area (TPSA) is 55.8 Å². The molecule has 1 aromatic carbocycles. The third kappa shape index (κ3) is 5.39. The molecular formula is C24H35NO4. The van der Waals surface area contributed by atoms with Crippen LogP contribution in [0.15, 0.2) is 24.3 Å². The number of benzene rings is 1. The van der Waals surface area contributed by atoms with Gasteiger partial charge in [0.15, 0.2) is 0 Å². The van der Waals surface area contributed by atoms with Crippen molar-refractivity contribution < 1.29 is 19.1 Å². The molecule has 29 heavy (non-hydrogen) atoms. The lowest BCUT2D eigenvalue weighted by molar-refractivity contribution is -0.131. The van der Waals surface area contributed by atoms with Gasteiger partial charge in [-0.25, -0.2) is 4.79 Å². The molecule has 0 aromatic heterocycles. The lowest BCUT2D eigenvalue weighted by Crippen LogP contribution is -2.60. The quantitative estimate of drug-likeness (QED) is 0.748. The number of piperidine rings is 1. The fourth-order valence-electron chi connectivity index (χ4n) is 4.26. The molecule has 0 spiro atoms. The second-order valence-electron chi connectivity index (χ2n) is 10.5. The minimum atomic E-state index is -0.530. The molecule has 5 heteroatoms. The van der Waals surface area contributed by atoms with Gasteiger partial charge < -0.3 is 9.47 Å². The van der Waals surface area contributed by atoms with Crippen molar-refractivity contribution in [2.45, 2.75) is 83.9 Å². The standard InChI is InChI=1S/C24H35NO4/c1-23(2,3)18-9-7-16(8-10-18)11-21(26)17-12-19-14-28-15-20(13-17)25(19)22(27)29-24(4,5)6/h7-10,17,19-20H,11-15H2,1-6H3. The number of Topliss-reactive ketones (excluding diaryl/α,β-unsaturated/α-hetero) is 1. The fraction of sp³-hybridized carbons (Fsp3) is 0.667. The second-order valence-corrected chi connectivity index (χ2v) is 10.5. The van der Waals surface area contributed by atoms with Crippen LogP contribution in [0.2, 0.25) is 0 Å². The van der Waals surface area contributed by atoms with Crippen molar-refractivity contribution in [3.8, 4) is 0 Å². The first-order chi connectivity index (χ1) is 13.4. The predicted octanol–water partition coefficient (Wildman–Crippen LogP) is 4.51. The zero-order chi connectivity index (χ0) is 21.4. The van der Waals surface area contributed by atoms with E-state index in [1.807, 2.05) is 25.7 Å². The molecule has 160 valence electrons. The average molecular weight is 402 g/mol. The minimum absolute atomic E-state index is 0.0325. The van der Waals surface area contributed by atoms with E-state index in [0.29, 0.717) is 32.5 Å². The van der Waals surface area contributed by atoms with Gasteiger partial charge in [-0.05, 0) is 50.2 Å². The first kappa shape index (κ1) is 21.8. The van der Waals surface area contributed by atoms with E-state index in [1.165, 1.54) is 5.56 Å². The van der Waals surface area contributed by atoms with Crippen LogP contribution >= 0.6 is 0 Å². The Labute approximate surface area is 174 Å². The highest BCUT2D eigenvalue weighted by Crippen LogP contribution is 2.34. The fourth-order valence-corrected chi connectivity index (χ4v) is 4.26.